The van der Waals surface area contributed by atoms with Crippen molar-refractivity contribution < 1.29 is 9.59 Å². The second-order valence-corrected chi connectivity index (χ2v) is 9.89. The first-order chi connectivity index (χ1) is 15.9. The van der Waals surface area contributed by atoms with E-state index in [1.54, 1.807) is 0 Å². The number of carbonyl (C=O) groups excluding carboxylic acids is 2. The van der Waals surface area contributed by atoms with Gasteiger partial charge in [0.15, 0.2) is 0 Å². The molecule has 33 heavy (non-hydrogen) atoms. The van der Waals surface area contributed by atoms with Gasteiger partial charge in [-0.3, -0.25) is 14.4 Å². The Labute approximate surface area is 194 Å². The topological polar surface area (TPSA) is 86.4 Å². The van der Waals surface area contributed by atoms with Crippen LogP contribution in [0.3, 0.4) is 0 Å². The first kappa shape index (κ1) is 21.9. The fraction of sp³-hybridized carbons (Fsp3) is 0.538. The van der Waals surface area contributed by atoms with Gasteiger partial charge in [-0.2, -0.15) is 0 Å². The van der Waals surface area contributed by atoms with Gasteiger partial charge in [0.25, 0.3) is 5.56 Å². The van der Waals surface area contributed by atoms with E-state index in [0.29, 0.717) is 38.2 Å². The molecule has 1 aliphatic carbocycles. The summed E-state index contributed by atoms with van der Waals surface area (Å²) in [7, 11) is 0. The summed E-state index contributed by atoms with van der Waals surface area (Å²) in [6, 6.07) is 8.16. The maximum Gasteiger partial charge on any atom is 0.256 e. The monoisotopic (exact) mass is 448 g/mol. The van der Waals surface area contributed by atoms with Crippen molar-refractivity contribution in [2.24, 2.45) is 5.92 Å². The Morgan fingerprint density at radius 2 is 1.73 bits per heavy atom. The molecule has 7 nitrogen and oxygen atoms in total. The highest BCUT2D eigenvalue weighted by atomic mass is 16.2. The molecule has 1 saturated heterocycles. The fourth-order valence-electron chi connectivity index (χ4n) is 5.06. The summed E-state index contributed by atoms with van der Waals surface area (Å²) in [6.07, 6.45) is 4.17. The van der Waals surface area contributed by atoms with Crippen molar-refractivity contribution in [2.75, 3.05) is 19.6 Å². The van der Waals surface area contributed by atoms with Crippen LogP contribution in [-0.2, 0) is 22.6 Å². The Kier molecular flexibility index (Phi) is 5.81. The molecule has 1 saturated carbocycles. The summed E-state index contributed by atoms with van der Waals surface area (Å²) in [5.74, 6) is 1.22. The number of carbonyl (C=O) groups is 2. The fourth-order valence-corrected chi connectivity index (χ4v) is 5.06. The molecule has 0 bridgehead atoms. The van der Waals surface area contributed by atoms with Crippen LogP contribution in [0.5, 0.6) is 0 Å². The molecule has 174 valence electrons. The van der Waals surface area contributed by atoms with Gasteiger partial charge in [0.05, 0.1) is 23.7 Å². The number of hydrogen-bond donors (Lipinski definition) is 1. The van der Waals surface area contributed by atoms with E-state index in [1.807, 2.05) is 47.9 Å². The summed E-state index contributed by atoms with van der Waals surface area (Å²) >= 11 is 0. The van der Waals surface area contributed by atoms with E-state index in [0.717, 1.165) is 42.8 Å². The van der Waals surface area contributed by atoms with E-state index in [1.165, 1.54) is 5.56 Å². The molecule has 2 amide bonds. The number of nitrogens with one attached hydrogen (secondary N) is 1. The van der Waals surface area contributed by atoms with Crippen molar-refractivity contribution in [1.29, 1.82) is 0 Å². The van der Waals surface area contributed by atoms with E-state index in [9.17, 15) is 14.4 Å². The molecule has 5 rings (SSSR count). The first-order valence-electron chi connectivity index (χ1n) is 12.2. The molecule has 3 aliphatic rings. The normalized spacial score (nSPS) is 19.8. The predicted molar refractivity (Wildman–Crippen MR) is 125 cm³/mol. The van der Waals surface area contributed by atoms with Gasteiger partial charge in [0.1, 0.15) is 5.82 Å². The van der Waals surface area contributed by atoms with Gasteiger partial charge in [0.2, 0.25) is 11.8 Å². The highest BCUT2D eigenvalue weighted by molar-refractivity contribution is 5.83. The van der Waals surface area contributed by atoms with Gasteiger partial charge in [-0.15, -0.1) is 0 Å². The van der Waals surface area contributed by atoms with Crippen molar-refractivity contribution in [2.45, 2.75) is 64.3 Å². The molecule has 2 aliphatic heterocycles. The standard InChI is InChI=1S/C26H32N4O3/c1-16-3-5-18(6-4-16)17(2)25(32)29-12-9-19(10-13-29)23-27-22-11-14-30(26(33)20-7-8-20)15-21(22)24(31)28-23/h3-6,17,19-20H,7-15H2,1-2H3,(H,27,28,31). The molecule has 1 aromatic carbocycles. The number of benzene rings is 1. The zero-order valence-electron chi connectivity index (χ0n) is 19.5. The molecule has 1 N–H and O–H groups in total. The van der Waals surface area contributed by atoms with Crippen LogP contribution < -0.4 is 5.56 Å². The average molecular weight is 449 g/mol. The van der Waals surface area contributed by atoms with Gasteiger partial charge < -0.3 is 14.8 Å². The van der Waals surface area contributed by atoms with Gasteiger partial charge in [-0.1, -0.05) is 29.8 Å². The molecular formula is C26H32N4O3. The van der Waals surface area contributed by atoms with Crippen LogP contribution in [0.15, 0.2) is 29.1 Å². The highest BCUT2D eigenvalue weighted by Crippen LogP contribution is 2.33. The summed E-state index contributed by atoms with van der Waals surface area (Å²) in [5.41, 5.74) is 3.59. The Bertz CT molecular complexity index is 1110. The molecule has 7 heteroatoms. The van der Waals surface area contributed by atoms with Crippen LogP contribution in [0.4, 0.5) is 0 Å². The van der Waals surface area contributed by atoms with Crippen molar-refractivity contribution in [3.63, 3.8) is 0 Å². The lowest BCUT2D eigenvalue weighted by Gasteiger charge is -2.34. The van der Waals surface area contributed by atoms with E-state index in [-0.39, 0.29) is 35.1 Å². The molecule has 2 fully saturated rings. The number of rotatable bonds is 4. The number of H-pyrrole nitrogens is 1. The number of aryl methyl sites for hydroxylation is 1. The number of hydrogen-bond acceptors (Lipinski definition) is 4. The third-order valence-corrected chi connectivity index (χ3v) is 7.47. The molecular weight excluding hydrogens is 416 g/mol. The molecule has 1 aromatic heterocycles. The van der Waals surface area contributed by atoms with Crippen LogP contribution >= 0.6 is 0 Å². The average Bonchev–Trinajstić information content (AvgIpc) is 3.69. The van der Waals surface area contributed by atoms with Gasteiger partial charge in [0, 0.05) is 37.9 Å². The van der Waals surface area contributed by atoms with Crippen LogP contribution in [0, 0.1) is 12.8 Å². The zero-order valence-corrected chi connectivity index (χ0v) is 19.5. The highest BCUT2D eigenvalue weighted by Gasteiger charge is 2.36. The van der Waals surface area contributed by atoms with Crippen LogP contribution in [0.2, 0.25) is 0 Å². The number of fused-ring (bicyclic) bond motifs is 1. The second-order valence-electron chi connectivity index (χ2n) is 9.89. The minimum atomic E-state index is -0.162. The van der Waals surface area contributed by atoms with Crippen LogP contribution in [0.1, 0.15) is 72.7 Å². The number of nitrogens with zero attached hydrogens (tertiary/aromatic N) is 3. The largest absolute Gasteiger partial charge is 0.342 e. The lowest BCUT2D eigenvalue weighted by molar-refractivity contribution is -0.134. The third-order valence-electron chi connectivity index (χ3n) is 7.47. The molecule has 0 radical (unpaired) electrons. The van der Waals surface area contributed by atoms with E-state index in [2.05, 4.69) is 4.98 Å². The Balaban J connectivity index is 1.23. The molecule has 1 unspecified atom stereocenters. The lowest BCUT2D eigenvalue weighted by atomic mass is 9.93. The molecule has 3 heterocycles. The van der Waals surface area contributed by atoms with Gasteiger partial charge in [-0.05, 0) is 45.1 Å². The summed E-state index contributed by atoms with van der Waals surface area (Å²) < 4.78 is 0. The van der Waals surface area contributed by atoms with Crippen LogP contribution in [0.25, 0.3) is 0 Å². The van der Waals surface area contributed by atoms with Crippen molar-refractivity contribution in [3.8, 4) is 0 Å². The summed E-state index contributed by atoms with van der Waals surface area (Å²) in [4.78, 5) is 49.8. The molecule has 1 atom stereocenters. The van der Waals surface area contributed by atoms with Crippen molar-refractivity contribution in [3.05, 3.63) is 62.8 Å². The van der Waals surface area contributed by atoms with E-state index in [4.69, 9.17) is 4.98 Å². The van der Waals surface area contributed by atoms with Gasteiger partial charge >= 0.3 is 0 Å². The predicted octanol–water partition coefficient (Wildman–Crippen LogP) is 2.88. The minimum absolute atomic E-state index is 0.116. The van der Waals surface area contributed by atoms with E-state index >= 15 is 0 Å². The summed E-state index contributed by atoms with van der Waals surface area (Å²) in [6.45, 7) is 6.37. The molecule has 2 aromatic rings. The SMILES string of the molecule is Cc1ccc(C(C)C(=O)N2CCC(c3nc4c(c(=O)[nH]3)CN(C(=O)C3CC3)CC4)CC2)cc1. The smallest absolute Gasteiger partial charge is 0.256 e. The first-order valence-corrected chi connectivity index (χ1v) is 12.2. The number of aromatic amines is 1. The maximum absolute atomic E-state index is 13.0. The number of piperidine rings is 1. The third kappa shape index (κ3) is 4.45. The quantitative estimate of drug-likeness (QED) is 0.779. The van der Waals surface area contributed by atoms with Gasteiger partial charge in [-0.25, -0.2) is 4.98 Å². The van der Waals surface area contributed by atoms with E-state index < -0.39 is 0 Å². The number of likely N-dealkylation sites (tertiary alicyclic amines) is 1. The Morgan fingerprint density at radius 3 is 2.39 bits per heavy atom. The van der Waals surface area contributed by atoms with Crippen molar-refractivity contribution in [1.82, 2.24) is 19.8 Å². The van der Waals surface area contributed by atoms with Crippen LogP contribution in [-0.4, -0.2) is 51.2 Å². The van der Waals surface area contributed by atoms with Crippen molar-refractivity contribution >= 4 is 11.8 Å². The Hall–Kier alpha value is -2.96. The minimum Gasteiger partial charge on any atom is -0.342 e. The second kappa shape index (κ2) is 8.76. The number of aromatic nitrogens is 2. The maximum atomic E-state index is 13.0. The Morgan fingerprint density at radius 1 is 1.03 bits per heavy atom. The zero-order chi connectivity index (χ0) is 23.1. The lowest BCUT2D eigenvalue weighted by Crippen LogP contribution is -2.42. The number of amides is 2. The molecule has 0 spiro atoms. The summed E-state index contributed by atoms with van der Waals surface area (Å²) in [5, 5.41) is 0.